The summed E-state index contributed by atoms with van der Waals surface area (Å²) in [5.74, 6) is 0.116. The first-order valence-electron chi connectivity index (χ1n) is 7.44. The summed E-state index contributed by atoms with van der Waals surface area (Å²) in [6, 6.07) is 4.96. The van der Waals surface area contributed by atoms with Crippen molar-refractivity contribution in [2.24, 2.45) is 0 Å². The highest BCUT2D eigenvalue weighted by molar-refractivity contribution is 5.81. The zero-order valence-corrected chi connectivity index (χ0v) is 12.8. The van der Waals surface area contributed by atoms with Crippen molar-refractivity contribution in [1.29, 1.82) is 0 Å². The Labute approximate surface area is 125 Å². The number of amides is 1. The third-order valence-electron chi connectivity index (χ3n) is 3.32. The van der Waals surface area contributed by atoms with E-state index < -0.39 is 6.10 Å². The van der Waals surface area contributed by atoms with Crippen molar-refractivity contribution < 1.29 is 13.9 Å². The molecule has 0 aliphatic heterocycles. The first-order valence-corrected chi connectivity index (χ1v) is 7.44. The number of hydrogen-bond donors (Lipinski definition) is 2. The summed E-state index contributed by atoms with van der Waals surface area (Å²) in [6.07, 6.45) is 1.49. The smallest absolute Gasteiger partial charge is 0.260 e. The molecule has 0 bridgehead atoms. The molecule has 0 spiro atoms. The highest BCUT2D eigenvalue weighted by atomic mass is 19.1. The lowest BCUT2D eigenvalue weighted by Gasteiger charge is -2.18. The van der Waals surface area contributed by atoms with Crippen LogP contribution >= 0.6 is 0 Å². The molecule has 1 aromatic carbocycles. The average Bonchev–Trinajstić information content (AvgIpc) is 3.22. The topological polar surface area (TPSA) is 50.4 Å². The maximum atomic E-state index is 13.4. The van der Waals surface area contributed by atoms with Gasteiger partial charge >= 0.3 is 0 Å². The van der Waals surface area contributed by atoms with Crippen LogP contribution in [-0.2, 0) is 11.3 Å². The van der Waals surface area contributed by atoms with Crippen LogP contribution < -0.4 is 15.4 Å². The average molecular weight is 294 g/mol. The van der Waals surface area contributed by atoms with Crippen LogP contribution in [0.3, 0.4) is 0 Å². The lowest BCUT2D eigenvalue weighted by atomic mass is 10.1. The second-order valence-electron chi connectivity index (χ2n) is 5.83. The molecular formula is C16H23FN2O2. The van der Waals surface area contributed by atoms with Gasteiger partial charge in [-0.1, -0.05) is 13.8 Å². The number of hydrogen-bond acceptors (Lipinski definition) is 3. The largest absolute Gasteiger partial charge is 0.481 e. The molecule has 5 heteroatoms. The minimum atomic E-state index is -0.589. The molecule has 116 valence electrons. The summed E-state index contributed by atoms with van der Waals surface area (Å²) >= 11 is 0. The van der Waals surface area contributed by atoms with E-state index in [0.717, 1.165) is 18.4 Å². The molecule has 1 saturated carbocycles. The lowest BCUT2D eigenvalue weighted by Crippen LogP contribution is -2.37. The summed E-state index contributed by atoms with van der Waals surface area (Å²) in [5.41, 5.74) is 0.717. The van der Waals surface area contributed by atoms with Gasteiger partial charge in [0.1, 0.15) is 11.6 Å². The molecule has 1 aliphatic rings. The molecule has 1 atom stereocenters. The van der Waals surface area contributed by atoms with Gasteiger partial charge < -0.3 is 15.4 Å². The Hall–Kier alpha value is -1.62. The Kier molecular flexibility index (Phi) is 5.17. The van der Waals surface area contributed by atoms with E-state index in [2.05, 4.69) is 10.6 Å². The van der Waals surface area contributed by atoms with Gasteiger partial charge in [0.05, 0.1) is 0 Å². The number of nitrogens with one attached hydrogen (secondary N) is 2. The van der Waals surface area contributed by atoms with Crippen LogP contribution in [0.5, 0.6) is 5.75 Å². The van der Waals surface area contributed by atoms with E-state index in [4.69, 9.17) is 4.74 Å². The SMILES string of the molecule is CC(C)NCc1cc(F)ccc1OC(C)C(=O)NC1CC1. The standard InChI is InChI=1S/C16H23FN2O2/c1-10(2)18-9-12-8-13(17)4-7-15(12)21-11(3)16(20)19-14-5-6-14/h4,7-8,10-11,14,18H,5-6,9H2,1-3H3,(H,19,20). The van der Waals surface area contributed by atoms with Gasteiger partial charge in [-0.25, -0.2) is 4.39 Å². The van der Waals surface area contributed by atoms with Crippen LogP contribution in [0.25, 0.3) is 0 Å². The number of halogens is 1. The van der Waals surface area contributed by atoms with E-state index in [-0.39, 0.29) is 17.8 Å². The van der Waals surface area contributed by atoms with E-state index in [1.54, 1.807) is 13.0 Å². The second kappa shape index (κ2) is 6.89. The van der Waals surface area contributed by atoms with Crippen LogP contribution in [-0.4, -0.2) is 24.1 Å². The normalized spacial score (nSPS) is 15.9. The van der Waals surface area contributed by atoms with Crippen molar-refractivity contribution in [3.05, 3.63) is 29.6 Å². The van der Waals surface area contributed by atoms with Gasteiger partial charge in [-0.3, -0.25) is 4.79 Å². The van der Waals surface area contributed by atoms with Gasteiger partial charge in [0.15, 0.2) is 6.10 Å². The fraction of sp³-hybridized carbons (Fsp3) is 0.562. The number of carbonyl (C=O) groups excluding carboxylic acids is 1. The van der Waals surface area contributed by atoms with E-state index in [1.807, 2.05) is 13.8 Å². The molecule has 1 aromatic rings. The molecule has 0 heterocycles. The highest BCUT2D eigenvalue weighted by Gasteiger charge is 2.26. The number of carbonyl (C=O) groups is 1. The third-order valence-corrected chi connectivity index (χ3v) is 3.32. The summed E-state index contributed by atoms with van der Waals surface area (Å²) in [4.78, 5) is 11.9. The van der Waals surface area contributed by atoms with E-state index in [9.17, 15) is 9.18 Å². The van der Waals surface area contributed by atoms with Crippen LogP contribution in [0, 0.1) is 5.82 Å². The van der Waals surface area contributed by atoms with Gasteiger partial charge in [-0.2, -0.15) is 0 Å². The van der Waals surface area contributed by atoms with Crippen molar-refractivity contribution in [2.75, 3.05) is 0 Å². The van der Waals surface area contributed by atoms with E-state index in [0.29, 0.717) is 18.3 Å². The quantitative estimate of drug-likeness (QED) is 0.812. The van der Waals surface area contributed by atoms with Crippen molar-refractivity contribution in [2.45, 2.75) is 58.3 Å². The molecule has 2 rings (SSSR count). The van der Waals surface area contributed by atoms with E-state index >= 15 is 0 Å². The Bertz CT molecular complexity index is 501. The Morgan fingerprint density at radius 1 is 1.38 bits per heavy atom. The molecule has 0 radical (unpaired) electrons. The Morgan fingerprint density at radius 2 is 2.10 bits per heavy atom. The van der Waals surface area contributed by atoms with Gasteiger partial charge in [0.25, 0.3) is 5.91 Å². The summed E-state index contributed by atoms with van der Waals surface area (Å²) in [6.45, 7) is 6.25. The van der Waals surface area contributed by atoms with Crippen LogP contribution in [0.15, 0.2) is 18.2 Å². The predicted molar refractivity (Wildman–Crippen MR) is 79.6 cm³/mol. The summed E-state index contributed by atoms with van der Waals surface area (Å²) in [5, 5.41) is 6.13. The van der Waals surface area contributed by atoms with Crippen LogP contribution in [0.1, 0.15) is 39.2 Å². The molecular weight excluding hydrogens is 271 g/mol. The zero-order chi connectivity index (χ0) is 15.4. The maximum Gasteiger partial charge on any atom is 0.260 e. The molecule has 21 heavy (non-hydrogen) atoms. The van der Waals surface area contributed by atoms with E-state index in [1.165, 1.54) is 12.1 Å². The van der Waals surface area contributed by atoms with Crippen LogP contribution in [0.2, 0.25) is 0 Å². The Balaban J connectivity index is 2.01. The molecule has 1 fully saturated rings. The first kappa shape index (κ1) is 15.8. The molecule has 4 nitrogen and oxygen atoms in total. The number of benzene rings is 1. The molecule has 1 aliphatic carbocycles. The summed E-state index contributed by atoms with van der Waals surface area (Å²) in [7, 11) is 0. The lowest BCUT2D eigenvalue weighted by molar-refractivity contribution is -0.127. The second-order valence-corrected chi connectivity index (χ2v) is 5.83. The highest BCUT2D eigenvalue weighted by Crippen LogP contribution is 2.22. The molecule has 1 amide bonds. The van der Waals surface area contributed by atoms with Gasteiger partial charge in [0, 0.05) is 24.2 Å². The monoisotopic (exact) mass is 294 g/mol. The van der Waals surface area contributed by atoms with Crippen molar-refractivity contribution >= 4 is 5.91 Å². The maximum absolute atomic E-state index is 13.4. The third kappa shape index (κ3) is 5.01. The molecule has 0 aromatic heterocycles. The van der Waals surface area contributed by atoms with Crippen LogP contribution in [0.4, 0.5) is 4.39 Å². The molecule has 1 unspecified atom stereocenters. The van der Waals surface area contributed by atoms with Crippen molar-refractivity contribution in [1.82, 2.24) is 10.6 Å². The van der Waals surface area contributed by atoms with Gasteiger partial charge in [-0.05, 0) is 38.0 Å². The number of rotatable bonds is 7. The molecule has 0 saturated heterocycles. The van der Waals surface area contributed by atoms with Crippen molar-refractivity contribution in [3.8, 4) is 5.75 Å². The first-order chi connectivity index (χ1) is 9.95. The minimum Gasteiger partial charge on any atom is -0.481 e. The molecule has 2 N–H and O–H groups in total. The number of ether oxygens (including phenoxy) is 1. The fourth-order valence-electron chi connectivity index (χ4n) is 1.91. The predicted octanol–water partition coefficient (Wildman–Crippen LogP) is 2.37. The zero-order valence-electron chi connectivity index (χ0n) is 12.8. The fourth-order valence-corrected chi connectivity index (χ4v) is 1.91. The van der Waals surface area contributed by atoms with Gasteiger partial charge in [-0.15, -0.1) is 0 Å². The van der Waals surface area contributed by atoms with Gasteiger partial charge in [0.2, 0.25) is 0 Å². The minimum absolute atomic E-state index is 0.121. The Morgan fingerprint density at radius 3 is 2.71 bits per heavy atom. The van der Waals surface area contributed by atoms with Crippen molar-refractivity contribution in [3.63, 3.8) is 0 Å². The summed E-state index contributed by atoms with van der Waals surface area (Å²) < 4.78 is 19.1.